The maximum Gasteiger partial charge on any atom is 0.324 e. The van der Waals surface area contributed by atoms with Crippen molar-refractivity contribution >= 4 is 76.4 Å². The summed E-state index contributed by atoms with van der Waals surface area (Å²) in [5.41, 5.74) is 0.814. The number of rotatable bonds is 15. The number of nitrogens with zero attached hydrogens (tertiary/aromatic N) is 9. The Balaban J connectivity index is 2.34. The van der Waals surface area contributed by atoms with Crippen LogP contribution in [0.2, 0.25) is 0 Å². The first-order valence-electron chi connectivity index (χ1n) is 31.4. The lowest BCUT2D eigenvalue weighted by Gasteiger charge is -2.40. The first-order chi connectivity index (χ1) is 40.7. The molecule has 1 aromatic rings. The van der Waals surface area contributed by atoms with Crippen LogP contribution in [0.4, 0.5) is 4.79 Å². The average molecular weight is 1260 g/mol. The van der Waals surface area contributed by atoms with Gasteiger partial charge in [-0.05, 0) is 108 Å². The van der Waals surface area contributed by atoms with Crippen molar-refractivity contribution in [1.82, 2.24) is 60.1 Å². The van der Waals surface area contributed by atoms with Crippen molar-refractivity contribution in [2.45, 2.75) is 235 Å². The average Bonchev–Trinajstić information content (AvgIpc) is 3.92. The van der Waals surface area contributed by atoms with E-state index in [0.29, 0.717) is 12.8 Å². The lowest BCUT2D eigenvalue weighted by atomic mass is 9.95. The lowest BCUT2D eigenvalue weighted by Crippen LogP contribution is -2.62. The maximum absolute atomic E-state index is 15.3. The number of aliphatic hydroxyl groups is 1. The molecule has 1 unspecified atom stereocenters. The third-order valence-corrected chi connectivity index (χ3v) is 18.1. The number of hydrogen-bond acceptors (Lipinski definition) is 14. The van der Waals surface area contributed by atoms with Crippen molar-refractivity contribution in [1.29, 1.82) is 0 Å². The van der Waals surface area contributed by atoms with Gasteiger partial charge in [0.1, 0.15) is 66.5 Å². The van der Waals surface area contributed by atoms with E-state index in [1.807, 2.05) is 67.7 Å². The number of carbonyl (C=O) groups excluding carboxylic acids is 11. The van der Waals surface area contributed by atoms with E-state index in [2.05, 4.69) is 20.9 Å². The summed E-state index contributed by atoms with van der Waals surface area (Å²) in [5, 5.41) is 23.2. The number of likely N-dealkylation sites (N-methyl/N-ethyl adjacent to an activating group) is 7. The fourth-order valence-electron chi connectivity index (χ4n) is 11.9. The highest BCUT2D eigenvalue weighted by Crippen LogP contribution is 2.33. The highest BCUT2D eigenvalue weighted by molar-refractivity contribution is 7.09. The number of fused-ring (bicyclic) bond motifs is 2. The van der Waals surface area contributed by atoms with Gasteiger partial charge in [-0.1, -0.05) is 90.0 Å². The number of urea groups is 1. The summed E-state index contributed by atoms with van der Waals surface area (Å²) in [4.78, 5) is 177. The zero-order valence-corrected chi connectivity index (χ0v) is 57.8. The molecule has 0 radical (unpaired) electrons. The molecule has 3 rings (SSSR count). The predicted octanol–water partition coefficient (Wildman–Crippen LogP) is 4.14. The van der Waals surface area contributed by atoms with Gasteiger partial charge in [-0.2, -0.15) is 0 Å². The molecule has 0 spiro atoms. The number of hydrogen-bond donors (Lipinski definition) is 4. The van der Waals surface area contributed by atoms with Crippen LogP contribution in [-0.2, 0) is 54.4 Å². The number of thiazole rings is 1. The molecular weight excluding hydrogens is 1150 g/mol. The van der Waals surface area contributed by atoms with E-state index in [-0.39, 0.29) is 62.2 Å². The Morgan fingerprint density at radius 3 is 1.44 bits per heavy atom. The fourth-order valence-corrected chi connectivity index (χ4v) is 12.6. The topological polar surface area (TPSA) is 283 Å². The summed E-state index contributed by atoms with van der Waals surface area (Å²) in [6, 6.07) is -14.5. The molecule has 24 nitrogen and oxygen atoms in total. The largest absolute Gasteiger partial charge is 0.388 e. The third-order valence-electron chi connectivity index (χ3n) is 17.3. The molecule has 0 aromatic carbocycles. The Bertz CT molecular complexity index is 2630. The Morgan fingerprint density at radius 2 is 0.977 bits per heavy atom. The Labute approximate surface area is 527 Å². The summed E-state index contributed by atoms with van der Waals surface area (Å²) in [7, 11) is 9.90. The van der Waals surface area contributed by atoms with Crippen molar-refractivity contribution in [3.8, 4) is 0 Å². The van der Waals surface area contributed by atoms with E-state index in [1.54, 1.807) is 34.6 Å². The molecule has 4 N–H and O–H groups in total. The molecule has 2 saturated heterocycles. The van der Waals surface area contributed by atoms with Crippen LogP contribution in [0, 0.1) is 42.4 Å². The molecule has 3 heterocycles. The fraction of sp³-hybridized carbons (Fsp3) is 0.778. The molecule has 0 aliphatic carbocycles. The molecule has 12 amide bonds. The number of amides is 12. The van der Waals surface area contributed by atoms with Crippen LogP contribution < -0.4 is 16.0 Å². The summed E-state index contributed by atoms with van der Waals surface area (Å²) >= 11 is 1.48. The van der Waals surface area contributed by atoms with Crippen LogP contribution in [0.5, 0.6) is 0 Å². The summed E-state index contributed by atoms with van der Waals surface area (Å²) < 4.78 is 0. The predicted molar refractivity (Wildman–Crippen MR) is 338 cm³/mol. The van der Waals surface area contributed by atoms with Crippen LogP contribution in [0.25, 0.3) is 0 Å². The molecule has 12 atom stereocenters. The van der Waals surface area contributed by atoms with Crippen molar-refractivity contribution < 1.29 is 57.8 Å². The van der Waals surface area contributed by atoms with Gasteiger partial charge in [-0.25, -0.2) is 9.78 Å². The first-order valence-corrected chi connectivity index (χ1v) is 32.3. The van der Waals surface area contributed by atoms with Gasteiger partial charge in [0.15, 0.2) is 0 Å². The van der Waals surface area contributed by atoms with E-state index in [0.717, 1.165) is 20.5 Å². The minimum absolute atomic E-state index is 0.0344. The second-order valence-corrected chi connectivity index (χ2v) is 28.0. The minimum Gasteiger partial charge on any atom is -0.388 e. The summed E-state index contributed by atoms with van der Waals surface area (Å²) in [5.74, 6) is -8.67. The molecule has 88 heavy (non-hydrogen) atoms. The van der Waals surface area contributed by atoms with Gasteiger partial charge < -0.3 is 54.9 Å². The number of aromatic nitrogens is 1. The smallest absolute Gasteiger partial charge is 0.324 e. The molecule has 25 heteroatoms. The number of nitrogens with one attached hydrogen (secondary N) is 3. The van der Waals surface area contributed by atoms with Crippen molar-refractivity contribution in [2.75, 3.05) is 49.3 Å². The molecule has 2 aliphatic rings. The highest BCUT2D eigenvalue weighted by Gasteiger charge is 2.55. The van der Waals surface area contributed by atoms with Crippen LogP contribution in [0.3, 0.4) is 0 Å². The lowest BCUT2D eigenvalue weighted by molar-refractivity contribution is -0.156. The molecular formula is C63H108N12O12S. The first kappa shape index (κ1) is 76.0. The molecule has 2 bridgehead atoms. The zero-order chi connectivity index (χ0) is 67.4. The van der Waals surface area contributed by atoms with Crippen LogP contribution in [0.1, 0.15) is 160 Å². The second kappa shape index (κ2) is 33.0. The second-order valence-electron chi connectivity index (χ2n) is 26.9. The van der Waals surface area contributed by atoms with Crippen molar-refractivity contribution in [3.05, 3.63) is 16.1 Å². The zero-order valence-electron chi connectivity index (χ0n) is 57.0. The van der Waals surface area contributed by atoms with Gasteiger partial charge in [0, 0.05) is 54.7 Å². The molecule has 498 valence electrons. The van der Waals surface area contributed by atoms with Gasteiger partial charge in [-0.15, -0.1) is 11.3 Å². The van der Waals surface area contributed by atoms with E-state index in [1.165, 1.54) is 104 Å². The van der Waals surface area contributed by atoms with Gasteiger partial charge >= 0.3 is 6.03 Å². The Morgan fingerprint density at radius 1 is 0.523 bits per heavy atom. The minimum atomic E-state index is -1.54. The van der Waals surface area contributed by atoms with Crippen molar-refractivity contribution in [3.63, 3.8) is 0 Å². The van der Waals surface area contributed by atoms with E-state index >= 15 is 19.2 Å². The van der Waals surface area contributed by atoms with Crippen LogP contribution in [0.15, 0.2) is 5.38 Å². The van der Waals surface area contributed by atoms with Gasteiger partial charge in [0.2, 0.25) is 59.1 Å². The number of imide groups is 1. The monoisotopic (exact) mass is 1260 g/mol. The standard InChI is InChI=1S/C63H108N12O12S/c1-24-43-57(81)68(17)40(15)56(80)69(18)46(29-34(4)5)55(79)66-49(37(10)11)60(84)70(19)45(28-33(2)3)54(78)64-39(14)53(77)67-63(87)72(21)48(31-36(8)9)58(82)71(20)47(30-35(6)7)59(83)73(22)50(38(12)13)61(85)74(23)51-52(76)44(75(43)62(51)86)27-25-26-42-32-88-41(16)65-42/h32-40,43-52,76H,24-31H2,1-23H3,(H,64,78)(H,66,79)(H,67,77,87)/t39-,40-,43-,44-,45-,46+,47?,48-,49-,50+,51+,52-/m1/s1. The normalized spacial score (nSPS) is 27.7. The number of aryl methyl sites for hydroxylation is 2. The molecule has 2 aliphatic heterocycles. The van der Waals surface area contributed by atoms with Gasteiger partial charge in [0.25, 0.3) is 0 Å². The number of carbonyl (C=O) groups is 11. The third kappa shape index (κ3) is 18.7. The highest BCUT2D eigenvalue weighted by atomic mass is 32.1. The quantitative estimate of drug-likeness (QED) is 0.192. The van der Waals surface area contributed by atoms with E-state index < -0.39 is 150 Å². The van der Waals surface area contributed by atoms with E-state index in [9.17, 15) is 38.7 Å². The number of aliphatic hydroxyl groups excluding tert-OH is 1. The van der Waals surface area contributed by atoms with Gasteiger partial charge in [-0.3, -0.25) is 53.3 Å². The Kier molecular flexibility index (Phi) is 28.5. The molecule has 2 fully saturated rings. The van der Waals surface area contributed by atoms with Crippen molar-refractivity contribution in [2.24, 2.45) is 35.5 Å². The van der Waals surface area contributed by atoms with Crippen LogP contribution >= 0.6 is 11.3 Å². The molecule has 0 saturated carbocycles. The van der Waals surface area contributed by atoms with E-state index in [4.69, 9.17) is 0 Å². The Hall–Kier alpha value is -6.24. The maximum atomic E-state index is 15.3. The summed E-state index contributed by atoms with van der Waals surface area (Å²) in [6.07, 6.45) is 0.0996. The van der Waals surface area contributed by atoms with Crippen LogP contribution in [-0.4, -0.2) is 236 Å². The summed E-state index contributed by atoms with van der Waals surface area (Å²) in [6.45, 7) is 28.2. The van der Waals surface area contributed by atoms with Gasteiger partial charge in [0.05, 0.1) is 16.7 Å². The molecule has 1 aromatic heterocycles. The SMILES string of the molecule is CC[C@@H]1C(=O)N(C)[C@H](C)C(=O)N(C)[C@@H](CC(C)C)C(=O)N[C@H](C(C)C)C(=O)N(C)[C@H](CC(C)C)C(=O)N[C@H](C)C(=O)NC(=O)N(C)[C@H](CC(C)C)C(=O)N(C)C(CC(C)C)C(=O)N(C)[C@@H](C(C)C)C(=O)N(C)[C@@H]2C(=O)N1[C@H](CCCc1csc(C)n1)[C@H]2O.